The number of rotatable bonds is 3. The molecule has 2 saturated heterocycles. The minimum atomic E-state index is -2.63. The highest BCUT2D eigenvalue weighted by molar-refractivity contribution is 5.73. The number of nitrogens with zero attached hydrogens (tertiary/aromatic N) is 2. The lowest BCUT2D eigenvalue weighted by atomic mass is 9.95. The minimum absolute atomic E-state index is 0. The van der Waals surface area contributed by atoms with E-state index in [1.54, 1.807) is 0 Å². The third-order valence-corrected chi connectivity index (χ3v) is 4.47. The monoisotopic (exact) mass is 291 g/mol. The van der Waals surface area contributed by atoms with Crippen molar-refractivity contribution in [3.8, 4) is 0 Å². The van der Waals surface area contributed by atoms with Gasteiger partial charge in [-0.15, -0.1) is 0 Å². The molecule has 1 N–H and O–H groups in total. The number of hydrogen-bond donors (Lipinski definition) is 1. The van der Waals surface area contributed by atoms with E-state index in [0.29, 0.717) is 26.1 Å². The number of hydrogen-bond acceptors (Lipinski definition) is 3. The van der Waals surface area contributed by atoms with E-state index in [9.17, 15) is 13.6 Å². The van der Waals surface area contributed by atoms with Crippen LogP contribution in [0.15, 0.2) is 0 Å². The smallest absolute Gasteiger partial charge is 0.275 e. The second-order valence-electron chi connectivity index (χ2n) is 5.95. The van der Waals surface area contributed by atoms with Crippen molar-refractivity contribution >= 4 is 5.91 Å². The summed E-state index contributed by atoms with van der Waals surface area (Å²) < 4.78 is 28.5. The zero-order chi connectivity index (χ0) is 14.8. The van der Waals surface area contributed by atoms with Gasteiger partial charge in [0, 0.05) is 34.0 Å². The first-order valence-electron chi connectivity index (χ1n) is 7.53. The van der Waals surface area contributed by atoms with Gasteiger partial charge < -0.3 is 5.32 Å². The van der Waals surface area contributed by atoms with Crippen molar-refractivity contribution in [1.29, 1.82) is 0 Å². The van der Waals surface area contributed by atoms with E-state index in [-0.39, 0.29) is 19.9 Å². The lowest BCUT2D eigenvalue weighted by Gasteiger charge is -2.45. The molecule has 118 valence electrons. The van der Waals surface area contributed by atoms with Crippen LogP contribution < -0.4 is 5.32 Å². The number of amides is 1. The van der Waals surface area contributed by atoms with Gasteiger partial charge in [-0.1, -0.05) is 6.92 Å². The molecule has 0 bridgehead atoms. The van der Waals surface area contributed by atoms with Gasteiger partial charge in [-0.2, -0.15) is 0 Å². The van der Waals surface area contributed by atoms with Crippen molar-refractivity contribution in [2.24, 2.45) is 0 Å². The highest BCUT2D eigenvalue weighted by Crippen LogP contribution is 2.32. The number of piperidine rings is 2. The van der Waals surface area contributed by atoms with E-state index < -0.39 is 12.0 Å². The molecule has 0 aliphatic carbocycles. The first-order valence-corrected chi connectivity index (χ1v) is 7.53. The van der Waals surface area contributed by atoms with Crippen molar-refractivity contribution in [3.63, 3.8) is 0 Å². The van der Waals surface area contributed by atoms with Gasteiger partial charge in [0.1, 0.15) is 0 Å². The van der Waals surface area contributed by atoms with Gasteiger partial charge in [-0.25, -0.2) is 8.78 Å². The summed E-state index contributed by atoms with van der Waals surface area (Å²) in [5.74, 6) is -2.67. The molecule has 1 amide bonds. The Bertz CT molecular complexity index is 349. The molecule has 2 fully saturated rings. The molecule has 4 nitrogen and oxygen atoms in total. The van der Waals surface area contributed by atoms with E-state index in [1.165, 1.54) is 6.92 Å². The molecule has 0 spiro atoms. The summed E-state index contributed by atoms with van der Waals surface area (Å²) in [5.41, 5.74) is 0. The number of carbonyl (C=O) groups excluding carboxylic acids is 1. The van der Waals surface area contributed by atoms with Gasteiger partial charge in [0.25, 0.3) is 5.92 Å². The highest BCUT2D eigenvalue weighted by atomic mass is 19.3. The van der Waals surface area contributed by atoms with E-state index in [2.05, 4.69) is 5.32 Å². The summed E-state index contributed by atoms with van der Waals surface area (Å²) in [5, 5.41) is 2.88. The van der Waals surface area contributed by atoms with Crippen LogP contribution >= 0.6 is 0 Å². The Morgan fingerprint density at radius 3 is 2.45 bits per heavy atom. The number of alkyl halides is 2. The third kappa shape index (κ3) is 3.67. The molecule has 1 unspecified atom stereocenters. The third-order valence-electron chi connectivity index (χ3n) is 4.47. The maximum Gasteiger partial charge on any atom is 0.275 e. The van der Waals surface area contributed by atoms with Crippen molar-refractivity contribution in [3.05, 3.63) is 0 Å². The Morgan fingerprint density at radius 1 is 1.30 bits per heavy atom. The Kier molecular flexibility index (Phi) is 4.96. The van der Waals surface area contributed by atoms with Crippen LogP contribution in [0.2, 0.25) is 0 Å². The summed E-state index contributed by atoms with van der Waals surface area (Å²) in [4.78, 5) is 14.8. The molecule has 2 rings (SSSR count). The molecule has 0 aromatic carbocycles. The molecular formula is C14H27F2N3O. The summed E-state index contributed by atoms with van der Waals surface area (Å²) in [6.45, 7) is 6.04. The summed E-state index contributed by atoms with van der Waals surface area (Å²) >= 11 is 0. The van der Waals surface area contributed by atoms with Gasteiger partial charge >= 0.3 is 0 Å². The normalized spacial score (nSPS) is 29.3. The molecule has 0 saturated carbocycles. The Balaban J connectivity index is 0.00000220. The molecule has 0 aromatic rings. The molecule has 2 heterocycles. The quantitative estimate of drug-likeness (QED) is 0.857. The molecule has 0 radical (unpaired) electrons. The first kappa shape index (κ1) is 15.6. The van der Waals surface area contributed by atoms with Crippen molar-refractivity contribution in [2.75, 3.05) is 32.7 Å². The molecule has 20 heavy (non-hydrogen) atoms. The predicted octanol–water partition coefficient (Wildman–Crippen LogP) is 1.56. The van der Waals surface area contributed by atoms with Crippen LogP contribution in [0.25, 0.3) is 0 Å². The van der Waals surface area contributed by atoms with Crippen molar-refractivity contribution in [2.45, 2.75) is 51.1 Å². The van der Waals surface area contributed by atoms with Gasteiger partial charge in [0.2, 0.25) is 5.91 Å². The van der Waals surface area contributed by atoms with E-state index in [0.717, 1.165) is 19.4 Å². The van der Waals surface area contributed by atoms with Crippen LogP contribution in [-0.4, -0.2) is 66.4 Å². The Hall–Kier alpha value is -0.750. The lowest BCUT2D eigenvalue weighted by Crippen LogP contribution is -2.60. The van der Waals surface area contributed by atoms with Crippen LogP contribution in [0.4, 0.5) is 8.78 Å². The van der Waals surface area contributed by atoms with Crippen LogP contribution in [0.3, 0.4) is 0 Å². The maximum atomic E-state index is 14.2. The SMILES string of the molecule is CCN1CCC(N2CCC(NC(C)=O)CC2)C(F)(F)C1.[HH]. The van der Waals surface area contributed by atoms with Crippen LogP contribution in [0.1, 0.15) is 34.5 Å². The minimum Gasteiger partial charge on any atom is -0.354 e. The Labute approximate surface area is 121 Å². The fourth-order valence-electron chi connectivity index (χ4n) is 3.36. The average molecular weight is 291 g/mol. The van der Waals surface area contributed by atoms with Gasteiger partial charge in [0.15, 0.2) is 0 Å². The fourth-order valence-corrected chi connectivity index (χ4v) is 3.36. The second-order valence-corrected chi connectivity index (χ2v) is 5.95. The largest absolute Gasteiger partial charge is 0.354 e. The van der Waals surface area contributed by atoms with E-state index >= 15 is 0 Å². The second kappa shape index (κ2) is 6.35. The van der Waals surface area contributed by atoms with Crippen LogP contribution in [0.5, 0.6) is 0 Å². The maximum absolute atomic E-state index is 14.2. The summed E-state index contributed by atoms with van der Waals surface area (Å²) in [7, 11) is 0. The van der Waals surface area contributed by atoms with Crippen LogP contribution in [-0.2, 0) is 4.79 Å². The fraction of sp³-hybridized carbons (Fsp3) is 0.929. The molecule has 2 aliphatic rings. The molecule has 1 atom stereocenters. The first-order chi connectivity index (χ1) is 9.42. The number of nitrogens with one attached hydrogen (secondary N) is 1. The van der Waals surface area contributed by atoms with Crippen molar-refractivity contribution in [1.82, 2.24) is 15.1 Å². The average Bonchev–Trinajstić information content (AvgIpc) is 2.38. The zero-order valence-electron chi connectivity index (χ0n) is 12.4. The molecule has 6 heteroatoms. The highest BCUT2D eigenvalue weighted by Gasteiger charge is 2.47. The Morgan fingerprint density at radius 2 is 1.95 bits per heavy atom. The van der Waals surface area contributed by atoms with Gasteiger partial charge in [-0.3, -0.25) is 14.6 Å². The number of halogens is 2. The van der Waals surface area contributed by atoms with E-state index in [1.807, 2.05) is 16.7 Å². The summed E-state index contributed by atoms with van der Waals surface area (Å²) in [6.07, 6.45) is 2.07. The van der Waals surface area contributed by atoms with Crippen molar-refractivity contribution < 1.29 is 15.0 Å². The van der Waals surface area contributed by atoms with Gasteiger partial charge in [0.05, 0.1) is 12.6 Å². The molecular weight excluding hydrogens is 264 g/mol. The molecule has 2 aliphatic heterocycles. The molecule has 0 aromatic heterocycles. The summed E-state index contributed by atoms with van der Waals surface area (Å²) in [6, 6.07) is -0.489. The standard InChI is InChI=1S/C14H25F2N3O.H2/c1-3-18-7-6-13(14(15,16)10-18)19-8-4-12(5-9-19)17-11(2)20;/h12-13H,3-10H2,1-2H3,(H,17,20);1H. The van der Waals surface area contributed by atoms with Crippen LogP contribution in [0, 0.1) is 0 Å². The van der Waals surface area contributed by atoms with E-state index in [4.69, 9.17) is 0 Å². The number of likely N-dealkylation sites (tertiary alicyclic amines) is 2. The zero-order valence-corrected chi connectivity index (χ0v) is 12.4. The topological polar surface area (TPSA) is 35.6 Å². The lowest BCUT2D eigenvalue weighted by molar-refractivity contribution is -0.132. The number of carbonyl (C=O) groups is 1. The van der Waals surface area contributed by atoms with Gasteiger partial charge in [-0.05, 0) is 25.8 Å². The predicted molar refractivity (Wildman–Crippen MR) is 76.0 cm³/mol.